The Bertz CT molecular complexity index is 331. The summed E-state index contributed by atoms with van der Waals surface area (Å²) >= 11 is 0. The first-order valence-electron chi connectivity index (χ1n) is 6.55. The van der Waals surface area contributed by atoms with Gasteiger partial charge in [0.15, 0.2) is 0 Å². The lowest BCUT2D eigenvalue weighted by Crippen LogP contribution is -2.49. The van der Waals surface area contributed by atoms with Crippen LogP contribution in [0.25, 0.3) is 0 Å². The number of piperidine rings is 1. The number of aliphatic hydroxyl groups excluding tert-OH is 1. The highest BCUT2D eigenvalue weighted by Crippen LogP contribution is 2.18. The van der Waals surface area contributed by atoms with Crippen LogP contribution in [0.5, 0.6) is 0 Å². The summed E-state index contributed by atoms with van der Waals surface area (Å²) in [5.74, 6) is -0.0302. The number of carbonyl (C=O) groups is 2. The number of likely N-dealkylation sites (tertiary alicyclic amines) is 1. The van der Waals surface area contributed by atoms with Crippen molar-refractivity contribution in [2.24, 2.45) is 5.92 Å². The van der Waals surface area contributed by atoms with Crippen LogP contribution in [-0.4, -0.2) is 53.7 Å². The highest BCUT2D eigenvalue weighted by atomic mass is 16.3. The summed E-state index contributed by atoms with van der Waals surface area (Å²) < 4.78 is 0. The van der Waals surface area contributed by atoms with Gasteiger partial charge in [0.2, 0.25) is 5.91 Å². The molecule has 1 saturated carbocycles. The topological polar surface area (TPSA) is 81.7 Å². The molecule has 2 aliphatic rings. The number of imide groups is 1. The van der Waals surface area contributed by atoms with Crippen LogP contribution in [0, 0.1) is 5.92 Å². The number of nitrogens with zero attached hydrogens (tertiary/aromatic N) is 1. The highest BCUT2D eigenvalue weighted by molar-refractivity contribution is 5.95. The monoisotopic (exact) mass is 255 g/mol. The molecule has 102 valence electrons. The molecule has 6 nitrogen and oxygen atoms in total. The molecule has 2 fully saturated rings. The number of β-amino-alcohol motifs (C(OH)–C–C–N with tert-alkyl or cyclic N) is 1. The normalized spacial score (nSPS) is 28.8. The molecule has 3 N–H and O–H groups in total. The van der Waals surface area contributed by atoms with Gasteiger partial charge in [-0.25, -0.2) is 4.79 Å². The minimum atomic E-state index is -0.409. The Balaban J connectivity index is 1.68. The van der Waals surface area contributed by atoms with Crippen molar-refractivity contribution in [3.05, 3.63) is 0 Å². The van der Waals surface area contributed by atoms with Crippen LogP contribution in [0.4, 0.5) is 4.79 Å². The average molecular weight is 255 g/mol. The maximum Gasteiger partial charge on any atom is 0.321 e. The molecule has 2 rings (SSSR count). The molecule has 1 saturated heterocycles. The Kier molecular flexibility index (Phi) is 4.19. The third-order valence-electron chi connectivity index (χ3n) is 3.54. The van der Waals surface area contributed by atoms with Crippen LogP contribution in [0.15, 0.2) is 0 Å². The van der Waals surface area contributed by atoms with E-state index in [0.29, 0.717) is 6.54 Å². The third-order valence-corrected chi connectivity index (χ3v) is 3.54. The van der Waals surface area contributed by atoms with E-state index in [1.807, 2.05) is 11.8 Å². The summed E-state index contributed by atoms with van der Waals surface area (Å²) in [6.45, 7) is 3.46. The minimum Gasteiger partial charge on any atom is -0.392 e. The molecule has 1 heterocycles. The highest BCUT2D eigenvalue weighted by Gasteiger charge is 2.27. The van der Waals surface area contributed by atoms with Crippen molar-refractivity contribution in [2.45, 2.75) is 38.3 Å². The van der Waals surface area contributed by atoms with E-state index in [1.54, 1.807) is 0 Å². The number of nitrogens with one attached hydrogen (secondary N) is 2. The van der Waals surface area contributed by atoms with E-state index in [1.165, 1.54) is 0 Å². The molecule has 0 bridgehead atoms. The summed E-state index contributed by atoms with van der Waals surface area (Å²) in [5, 5.41) is 14.7. The van der Waals surface area contributed by atoms with Crippen LogP contribution in [0.1, 0.15) is 26.2 Å². The molecule has 1 aliphatic carbocycles. The fourth-order valence-corrected chi connectivity index (χ4v) is 2.08. The van der Waals surface area contributed by atoms with Gasteiger partial charge >= 0.3 is 6.03 Å². The van der Waals surface area contributed by atoms with Crippen molar-refractivity contribution in [2.75, 3.05) is 19.6 Å². The first kappa shape index (κ1) is 13.3. The lowest BCUT2D eigenvalue weighted by molar-refractivity contribution is -0.122. The molecule has 6 heteroatoms. The first-order valence-corrected chi connectivity index (χ1v) is 6.55. The van der Waals surface area contributed by atoms with Gasteiger partial charge in [0, 0.05) is 12.6 Å². The zero-order chi connectivity index (χ0) is 13.1. The van der Waals surface area contributed by atoms with E-state index in [9.17, 15) is 14.7 Å². The number of aliphatic hydroxyl groups is 1. The van der Waals surface area contributed by atoms with E-state index in [0.717, 1.165) is 25.8 Å². The van der Waals surface area contributed by atoms with Gasteiger partial charge in [-0.15, -0.1) is 0 Å². The lowest BCUT2D eigenvalue weighted by atomic mass is 9.96. The molecule has 1 aliphatic heterocycles. The number of urea groups is 1. The van der Waals surface area contributed by atoms with Gasteiger partial charge in [-0.1, -0.05) is 6.92 Å². The Labute approximate surface area is 107 Å². The van der Waals surface area contributed by atoms with Crippen molar-refractivity contribution in [1.29, 1.82) is 0 Å². The largest absolute Gasteiger partial charge is 0.392 e. The fourth-order valence-electron chi connectivity index (χ4n) is 2.08. The van der Waals surface area contributed by atoms with Gasteiger partial charge in [-0.2, -0.15) is 0 Å². The maximum absolute atomic E-state index is 11.6. The Morgan fingerprint density at radius 3 is 2.67 bits per heavy atom. The van der Waals surface area contributed by atoms with E-state index in [-0.39, 0.29) is 30.5 Å². The molecule has 0 aromatic carbocycles. The number of carbonyl (C=O) groups excluding carboxylic acids is 2. The van der Waals surface area contributed by atoms with E-state index in [2.05, 4.69) is 10.6 Å². The van der Waals surface area contributed by atoms with Gasteiger partial charge in [-0.3, -0.25) is 15.0 Å². The quantitative estimate of drug-likeness (QED) is 0.645. The molecule has 0 aromatic rings. The lowest BCUT2D eigenvalue weighted by Gasteiger charge is -2.33. The molecular weight excluding hydrogens is 234 g/mol. The summed E-state index contributed by atoms with van der Waals surface area (Å²) in [7, 11) is 0. The van der Waals surface area contributed by atoms with Crippen molar-refractivity contribution in [3.8, 4) is 0 Å². The predicted molar refractivity (Wildman–Crippen MR) is 65.9 cm³/mol. The Hall–Kier alpha value is -1.14. The number of amides is 3. The molecule has 0 spiro atoms. The van der Waals surface area contributed by atoms with Crippen LogP contribution >= 0.6 is 0 Å². The van der Waals surface area contributed by atoms with E-state index in [4.69, 9.17) is 0 Å². The van der Waals surface area contributed by atoms with Crippen molar-refractivity contribution < 1.29 is 14.7 Å². The number of hydrogen-bond acceptors (Lipinski definition) is 4. The van der Waals surface area contributed by atoms with Gasteiger partial charge in [0.05, 0.1) is 12.6 Å². The molecule has 0 radical (unpaired) electrons. The van der Waals surface area contributed by atoms with Gasteiger partial charge < -0.3 is 10.4 Å². The van der Waals surface area contributed by atoms with Crippen molar-refractivity contribution >= 4 is 11.9 Å². The summed E-state index contributed by atoms with van der Waals surface area (Å²) in [6.07, 6.45) is 2.49. The maximum atomic E-state index is 11.6. The first-order chi connectivity index (χ1) is 8.54. The van der Waals surface area contributed by atoms with Crippen molar-refractivity contribution in [3.63, 3.8) is 0 Å². The zero-order valence-corrected chi connectivity index (χ0v) is 10.7. The third kappa shape index (κ3) is 3.96. The second-order valence-electron chi connectivity index (χ2n) is 5.36. The van der Waals surface area contributed by atoms with Crippen LogP contribution in [-0.2, 0) is 4.79 Å². The van der Waals surface area contributed by atoms with Gasteiger partial charge in [0.25, 0.3) is 0 Å². The second-order valence-corrected chi connectivity index (χ2v) is 5.36. The molecule has 0 aromatic heterocycles. The molecule has 18 heavy (non-hydrogen) atoms. The molecule has 2 atom stereocenters. The summed E-state index contributed by atoms with van der Waals surface area (Å²) in [5.41, 5.74) is 0. The SMILES string of the molecule is CC1CCN(CC(=O)NC(=O)NC2CC2)CC1O. The fraction of sp³-hybridized carbons (Fsp3) is 0.833. The van der Waals surface area contributed by atoms with Gasteiger partial charge in [0.1, 0.15) is 0 Å². The van der Waals surface area contributed by atoms with Crippen LogP contribution < -0.4 is 10.6 Å². The van der Waals surface area contributed by atoms with Crippen LogP contribution in [0.2, 0.25) is 0 Å². The standard InChI is InChI=1S/C12H21N3O3/c1-8-4-5-15(6-10(8)16)7-11(17)14-12(18)13-9-2-3-9/h8-10,16H,2-7H2,1H3,(H2,13,14,17,18). The Morgan fingerprint density at radius 2 is 2.06 bits per heavy atom. The predicted octanol–water partition coefficient (Wildman–Crippen LogP) is -0.323. The van der Waals surface area contributed by atoms with Gasteiger partial charge in [-0.05, 0) is 31.7 Å². The zero-order valence-electron chi connectivity index (χ0n) is 10.7. The minimum absolute atomic E-state index is 0.169. The molecule has 3 amide bonds. The smallest absolute Gasteiger partial charge is 0.321 e. The molecule has 2 unspecified atom stereocenters. The number of hydrogen-bond donors (Lipinski definition) is 3. The molecular formula is C12H21N3O3. The summed E-state index contributed by atoms with van der Waals surface area (Å²) in [4.78, 5) is 24.8. The Morgan fingerprint density at radius 1 is 1.33 bits per heavy atom. The second kappa shape index (κ2) is 5.67. The van der Waals surface area contributed by atoms with Crippen molar-refractivity contribution in [1.82, 2.24) is 15.5 Å². The average Bonchev–Trinajstić information content (AvgIpc) is 3.07. The van der Waals surface area contributed by atoms with Crippen LogP contribution in [0.3, 0.4) is 0 Å². The summed E-state index contributed by atoms with van der Waals surface area (Å²) in [6, 6.07) is -0.163. The van der Waals surface area contributed by atoms with E-state index >= 15 is 0 Å². The number of rotatable bonds is 3. The van der Waals surface area contributed by atoms with E-state index < -0.39 is 6.03 Å².